The molecule has 0 aromatic heterocycles. The quantitative estimate of drug-likeness (QED) is 0.807. The maximum Gasteiger partial charge on any atom is 0.126 e. The van der Waals surface area contributed by atoms with Gasteiger partial charge >= 0.3 is 0 Å². The summed E-state index contributed by atoms with van der Waals surface area (Å²) in [5.74, 6) is 2.15. The van der Waals surface area contributed by atoms with Crippen LogP contribution in [0.15, 0.2) is 18.2 Å². The van der Waals surface area contributed by atoms with Gasteiger partial charge in [-0.25, -0.2) is 0 Å². The smallest absolute Gasteiger partial charge is 0.126 e. The topological polar surface area (TPSA) is 30.5 Å². The summed E-state index contributed by atoms with van der Waals surface area (Å²) in [4.78, 5) is 0. The van der Waals surface area contributed by atoms with Crippen molar-refractivity contribution in [1.82, 2.24) is 5.32 Å². The molecular formula is C15H25NO2. The molecule has 2 atom stereocenters. The zero-order valence-electron chi connectivity index (χ0n) is 12.1. The number of ether oxygens (including phenoxy) is 2. The molecule has 2 unspecified atom stereocenters. The fraction of sp³-hybridized carbons (Fsp3) is 0.600. The Labute approximate surface area is 110 Å². The van der Waals surface area contributed by atoms with E-state index >= 15 is 0 Å². The average molecular weight is 251 g/mol. The van der Waals surface area contributed by atoms with Crippen LogP contribution in [0.1, 0.15) is 38.7 Å². The van der Waals surface area contributed by atoms with Crippen molar-refractivity contribution in [2.45, 2.75) is 39.2 Å². The molecule has 0 radical (unpaired) electrons. The Morgan fingerprint density at radius 1 is 1.17 bits per heavy atom. The van der Waals surface area contributed by atoms with Crippen LogP contribution < -0.4 is 14.8 Å². The molecule has 0 aliphatic heterocycles. The highest BCUT2D eigenvalue weighted by molar-refractivity contribution is 5.43. The van der Waals surface area contributed by atoms with Crippen LogP contribution in [0.25, 0.3) is 0 Å². The van der Waals surface area contributed by atoms with E-state index in [9.17, 15) is 0 Å². The molecule has 0 spiro atoms. The van der Waals surface area contributed by atoms with Crippen LogP contribution in [-0.4, -0.2) is 26.8 Å². The van der Waals surface area contributed by atoms with Crippen LogP contribution in [0.2, 0.25) is 0 Å². The van der Waals surface area contributed by atoms with Crippen molar-refractivity contribution in [2.75, 3.05) is 20.8 Å². The van der Waals surface area contributed by atoms with Crippen LogP contribution in [0.3, 0.4) is 0 Å². The highest BCUT2D eigenvalue weighted by Gasteiger charge is 2.20. The molecule has 102 valence electrons. The number of rotatable bonds is 7. The maximum atomic E-state index is 5.47. The van der Waals surface area contributed by atoms with E-state index in [1.807, 2.05) is 12.1 Å². The minimum Gasteiger partial charge on any atom is -0.497 e. The van der Waals surface area contributed by atoms with Crippen molar-refractivity contribution >= 4 is 0 Å². The molecular weight excluding hydrogens is 226 g/mol. The van der Waals surface area contributed by atoms with Gasteiger partial charge in [0.15, 0.2) is 0 Å². The summed E-state index contributed by atoms with van der Waals surface area (Å²) in [6, 6.07) is 6.51. The normalized spacial score (nSPS) is 14.1. The number of hydrogen-bond acceptors (Lipinski definition) is 3. The van der Waals surface area contributed by atoms with Crippen molar-refractivity contribution in [1.29, 1.82) is 0 Å². The van der Waals surface area contributed by atoms with Gasteiger partial charge in [0.2, 0.25) is 0 Å². The first kappa shape index (κ1) is 14.8. The molecule has 0 amide bonds. The first-order valence-electron chi connectivity index (χ1n) is 6.63. The van der Waals surface area contributed by atoms with Gasteiger partial charge in [-0.3, -0.25) is 0 Å². The monoisotopic (exact) mass is 251 g/mol. The summed E-state index contributed by atoms with van der Waals surface area (Å²) < 4.78 is 10.7. The number of methoxy groups -OCH3 is 2. The van der Waals surface area contributed by atoms with E-state index in [2.05, 4.69) is 32.2 Å². The first-order valence-corrected chi connectivity index (χ1v) is 6.63. The molecule has 3 nitrogen and oxygen atoms in total. The van der Waals surface area contributed by atoms with Crippen LogP contribution in [0, 0.1) is 0 Å². The van der Waals surface area contributed by atoms with Crippen molar-refractivity contribution in [2.24, 2.45) is 0 Å². The molecule has 1 N–H and O–H groups in total. The molecule has 1 rings (SSSR count). The summed E-state index contributed by atoms with van der Waals surface area (Å²) >= 11 is 0. The molecule has 18 heavy (non-hydrogen) atoms. The SMILES string of the molecule is CCNC(CC)C(C)c1ccc(OC)cc1OC. The summed E-state index contributed by atoms with van der Waals surface area (Å²) in [5.41, 5.74) is 1.23. The van der Waals surface area contributed by atoms with Crippen molar-refractivity contribution in [3.63, 3.8) is 0 Å². The Hall–Kier alpha value is -1.22. The Balaban J connectivity index is 2.99. The summed E-state index contributed by atoms with van der Waals surface area (Å²) in [6.45, 7) is 7.57. The molecule has 0 fully saturated rings. The van der Waals surface area contributed by atoms with E-state index in [0.29, 0.717) is 12.0 Å². The Morgan fingerprint density at radius 2 is 1.89 bits per heavy atom. The molecule has 0 aliphatic rings. The van der Waals surface area contributed by atoms with Gasteiger partial charge in [-0.2, -0.15) is 0 Å². The molecule has 0 heterocycles. The van der Waals surface area contributed by atoms with Crippen molar-refractivity contribution < 1.29 is 9.47 Å². The van der Waals surface area contributed by atoms with E-state index in [-0.39, 0.29) is 0 Å². The predicted octanol–water partition coefficient (Wildman–Crippen LogP) is 3.20. The van der Waals surface area contributed by atoms with Gasteiger partial charge in [-0.15, -0.1) is 0 Å². The highest BCUT2D eigenvalue weighted by Crippen LogP contribution is 2.32. The zero-order valence-corrected chi connectivity index (χ0v) is 12.1. The van der Waals surface area contributed by atoms with E-state index in [1.165, 1.54) is 5.56 Å². The van der Waals surface area contributed by atoms with Gasteiger partial charge in [0, 0.05) is 18.0 Å². The minimum absolute atomic E-state index is 0.413. The molecule has 0 aliphatic carbocycles. The van der Waals surface area contributed by atoms with Crippen LogP contribution in [-0.2, 0) is 0 Å². The van der Waals surface area contributed by atoms with Crippen LogP contribution in [0.4, 0.5) is 0 Å². The zero-order chi connectivity index (χ0) is 13.5. The van der Waals surface area contributed by atoms with Gasteiger partial charge in [-0.05, 0) is 24.6 Å². The average Bonchev–Trinajstić information content (AvgIpc) is 2.43. The lowest BCUT2D eigenvalue weighted by molar-refractivity contribution is 0.379. The van der Waals surface area contributed by atoms with E-state index < -0.39 is 0 Å². The fourth-order valence-corrected chi connectivity index (χ4v) is 2.35. The second kappa shape index (κ2) is 7.27. The summed E-state index contributed by atoms with van der Waals surface area (Å²) in [5, 5.41) is 3.52. The summed E-state index contributed by atoms with van der Waals surface area (Å²) in [6.07, 6.45) is 1.10. The largest absolute Gasteiger partial charge is 0.497 e. The third-order valence-electron chi connectivity index (χ3n) is 3.44. The highest BCUT2D eigenvalue weighted by atomic mass is 16.5. The molecule has 1 aromatic rings. The predicted molar refractivity (Wildman–Crippen MR) is 75.7 cm³/mol. The number of hydrogen-bond donors (Lipinski definition) is 1. The lowest BCUT2D eigenvalue weighted by Crippen LogP contribution is -2.33. The first-order chi connectivity index (χ1) is 8.67. The van der Waals surface area contributed by atoms with Crippen molar-refractivity contribution in [3.05, 3.63) is 23.8 Å². The van der Waals surface area contributed by atoms with E-state index in [1.54, 1.807) is 14.2 Å². The van der Waals surface area contributed by atoms with Crippen molar-refractivity contribution in [3.8, 4) is 11.5 Å². The third-order valence-corrected chi connectivity index (χ3v) is 3.44. The number of benzene rings is 1. The molecule has 0 saturated carbocycles. The fourth-order valence-electron chi connectivity index (χ4n) is 2.35. The van der Waals surface area contributed by atoms with Crippen LogP contribution in [0.5, 0.6) is 11.5 Å². The lowest BCUT2D eigenvalue weighted by Gasteiger charge is -2.25. The molecule has 3 heteroatoms. The Morgan fingerprint density at radius 3 is 2.39 bits per heavy atom. The van der Waals surface area contributed by atoms with Gasteiger partial charge in [0.1, 0.15) is 11.5 Å². The van der Waals surface area contributed by atoms with Gasteiger partial charge in [-0.1, -0.05) is 26.8 Å². The molecule has 1 aromatic carbocycles. The second-order valence-electron chi connectivity index (χ2n) is 4.47. The lowest BCUT2D eigenvalue weighted by atomic mass is 9.91. The van der Waals surface area contributed by atoms with E-state index in [0.717, 1.165) is 24.5 Å². The third kappa shape index (κ3) is 3.39. The molecule has 0 saturated heterocycles. The van der Waals surface area contributed by atoms with Crippen LogP contribution >= 0.6 is 0 Å². The molecule has 0 bridgehead atoms. The van der Waals surface area contributed by atoms with Gasteiger partial charge < -0.3 is 14.8 Å². The van der Waals surface area contributed by atoms with Gasteiger partial charge in [0.05, 0.1) is 14.2 Å². The Kier molecular flexibility index (Phi) is 5.99. The van der Waals surface area contributed by atoms with E-state index in [4.69, 9.17) is 9.47 Å². The number of likely N-dealkylation sites (N-methyl/N-ethyl adjacent to an activating group) is 1. The Bertz CT molecular complexity index is 366. The van der Waals surface area contributed by atoms with Gasteiger partial charge in [0.25, 0.3) is 0 Å². The minimum atomic E-state index is 0.413. The standard InChI is InChI=1S/C15H25NO2/c1-6-14(16-7-2)11(3)13-9-8-12(17-4)10-15(13)18-5/h8-11,14,16H,6-7H2,1-5H3. The summed E-state index contributed by atoms with van der Waals surface area (Å²) in [7, 11) is 3.38. The maximum absolute atomic E-state index is 5.47. The second-order valence-corrected chi connectivity index (χ2v) is 4.47. The number of nitrogens with one attached hydrogen (secondary N) is 1.